The zero-order valence-corrected chi connectivity index (χ0v) is 12.0. The zero-order valence-electron chi connectivity index (χ0n) is 12.0. The van der Waals surface area contributed by atoms with Crippen LogP contribution in [0.5, 0.6) is 0 Å². The first kappa shape index (κ1) is 13.3. The summed E-state index contributed by atoms with van der Waals surface area (Å²) in [6.45, 7) is 11.8. The summed E-state index contributed by atoms with van der Waals surface area (Å²) in [6, 6.07) is 4.21. The number of hydrogen-bond donors (Lipinski definition) is 1. The normalized spacial score (nSPS) is 20.5. The van der Waals surface area contributed by atoms with Crippen LogP contribution in [0.1, 0.15) is 38.4 Å². The summed E-state index contributed by atoms with van der Waals surface area (Å²) >= 11 is 0. The number of anilines is 1. The van der Waals surface area contributed by atoms with E-state index in [1.807, 2.05) is 6.92 Å². The largest absolute Gasteiger partial charge is 0.356 e. The minimum absolute atomic E-state index is 0.384. The van der Waals surface area contributed by atoms with Crippen molar-refractivity contribution in [2.24, 2.45) is 17.1 Å². The van der Waals surface area contributed by atoms with E-state index in [1.165, 1.54) is 12.0 Å². The average molecular weight is 247 g/mol. The van der Waals surface area contributed by atoms with Gasteiger partial charge in [-0.2, -0.15) is 0 Å². The van der Waals surface area contributed by atoms with Gasteiger partial charge >= 0.3 is 0 Å². The summed E-state index contributed by atoms with van der Waals surface area (Å²) in [5.74, 6) is 1.85. The molecule has 0 aliphatic carbocycles. The molecule has 3 heteroatoms. The average Bonchev–Trinajstić information content (AvgIpc) is 2.77. The van der Waals surface area contributed by atoms with Crippen LogP contribution in [0.4, 0.5) is 5.82 Å². The van der Waals surface area contributed by atoms with E-state index in [-0.39, 0.29) is 0 Å². The Labute approximate surface area is 110 Å². The third kappa shape index (κ3) is 2.83. The molecule has 0 spiro atoms. The van der Waals surface area contributed by atoms with Crippen molar-refractivity contribution in [1.29, 1.82) is 0 Å². The van der Waals surface area contributed by atoms with Crippen LogP contribution in [0, 0.1) is 18.3 Å². The molecule has 1 aliphatic heterocycles. The van der Waals surface area contributed by atoms with Crippen LogP contribution in [0.2, 0.25) is 0 Å². The van der Waals surface area contributed by atoms with Crippen LogP contribution < -0.4 is 10.6 Å². The minimum atomic E-state index is 0.384. The van der Waals surface area contributed by atoms with Gasteiger partial charge < -0.3 is 10.6 Å². The lowest BCUT2D eigenvalue weighted by molar-refractivity contribution is 0.263. The van der Waals surface area contributed by atoms with Gasteiger partial charge in [0.25, 0.3) is 0 Å². The number of rotatable bonds is 2. The van der Waals surface area contributed by atoms with Gasteiger partial charge in [-0.15, -0.1) is 0 Å². The van der Waals surface area contributed by atoms with Crippen LogP contribution in [0.25, 0.3) is 0 Å². The van der Waals surface area contributed by atoms with Gasteiger partial charge in [-0.05, 0) is 42.4 Å². The van der Waals surface area contributed by atoms with Crippen molar-refractivity contribution in [2.45, 2.75) is 40.7 Å². The fourth-order valence-electron chi connectivity index (χ4n) is 2.68. The van der Waals surface area contributed by atoms with Gasteiger partial charge in [0, 0.05) is 25.3 Å². The van der Waals surface area contributed by atoms with Gasteiger partial charge in [-0.1, -0.05) is 20.8 Å². The molecule has 1 aliphatic rings. The van der Waals surface area contributed by atoms with Crippen LogP contribution in [-0.4, -0.2) is 18.1 Å². The molecule has 18 heavy (non-hydrogen) atoms. The smallest absolute Gasteiger partial charge is 0.129 e. The van der Waals surface area contributed by atoms with E-state index in [1.54, 1.807) is 0 Å². The second-order valence-electron chi connectivity index (χ2n) is 6.48. The first-order valence-corrected chi connectivity index (χ1v) is 6.82. The number of pyridine rings is 1. The van der Waals surface area contributed by atoms with Crippen molar-refractivity contribution in [3.05, 3.63) is 23.4 Å². The molecular formula is C15H25N3. The molecule has 1 fully saturated rings. The van der Waals surface area contributed by atoms with E-state index in [2.05, 4.69) is 42.8 Å². The maximum Gasteiger partial charge on any atom is 0.129 e. The fraction of sp³-hybridized carbons (Fsp3) is 0.667. The molecule has 1 aromatic rings. The van der Waals surface area contributed by atoms with Gasteiger partial charge in [0.15, 0.2) is 0 Å². The van der Waals surface area contributed by atoms with E-state index < -0.39 is 0 Å². The highest BCUT2D eigenvalue weighted by atomic mass is 15.2. The Morgan fingerprint density at radius 3 is 2.67 bits per heavy atom. The molecule has 2 heterocycles. The molecule has 2 N–H and O–H groups in total. The van der Waals surface area contributed by atoms with Crippen molar-refractivity contribution in [1.82, 2.24) is 4.98 Å². The Hall–Kier alpha value is -1.09. The molecule has 1 aromatic heterocycles. The minimum Gasteiger partial charge on any atom is -0.356 e. The van der Waals surface area contributed by atoms with Gasteiger partial charge in [0.05, 0.1) is 0 Å². The number of aromatic nitrogens is 1. The van der Waals surface area contributed by atoms with E-state index in [9.17, 15) is 0 Å². The molecule has 0 saturated carbocycles. The molecule has 0 amide bonds. The van der Waals surface area contributed by atoms with E-state index >= 15 is 0 Å². The molecule has 3 nitrogen and oxygen atoms in total. The predicted octanol–water partition coefficient (Wildman–Crippen LogP) is 2.72. The number of nitrogens with zero attached hydrogens (tertiary/aromatic N) is 2. The Morgan fingerprint density at radius 2 is 2.11 bits per heavy atom. The lowest BCUT2D eigenvalue weighted by Gasteiger charge is -2.27. The number of nitrogens with two attached hydrogens (primary N) is 1. The Kier molecular flexibility index (Phi) is 3.62. The van der Waals surface area contributed by atoms with Crippen molar-refractivity contribution in [2.75, 3.05) is 18.0 Å². The first-order valence-electron chi connectivity index (χ1n) is 6.82. The number of aryl methyl sites for hydroxylation is 1. The highest BCUT2D eigenvalue weighted by Gasteiger charge is 2.32. The van der Waals surface area contributed by atoms with Crippen LogP contribution in [0.15, 0.2) is 12.1 Å². The first-order chi connectivity index (χ1) is 8.40. The summed E-state index contributed by atoms with van der Waals surface area (Å²) in [7, 11) is 0. The standard InChI is InChI=1S/C15H25N3/c1-11-7-12(9-16)8-14(17-11)18-6-5-13(10-18)15(2,3)4/h7-8,13H,5-6,9-10,16H2,1-4H3. The maximum absolute atomic E-state index is 5.74. The van der Waals surface area contributed by atoms with Crippen LogP contribution >= 0.6 is 0 Å². The molecule has 0 bridgehead atoms. The summed E-state index contributed by atoms with van der Waals surface area (Å²) < 4.78 is 0. The Balaban J connectivity index is 2.16. The Bertz CT molecular complexity index is 420. The third-order valence-corrected chi connectivity index (χ3v) is 3.97. The molecule has 2 rings (SSSR count). The molecule has 0 radical (unpaired) electrons. The number of hydrogen-bond acceptors (Lipinski definition) is 3. The maximum atomic E-state index is 5.74. The third-order valence-electron chi connectivity index (χ3n) is 3.97. The van der Waals surface area contributed by atoms with Crippen molar-refractivity contribution >= 4 is 5.82 Å². The van der Waals surface area contributed by atoms with E-state index in [0.717, 1.165) is 30.5 Å². The highest BCUT2D eigenvalue weighted by Crippen LogP contribution is 2.35. The lowest BCUT2D eigenvalue weighted by Crippen LogP contribution is -2.26. The van der Waals surface area contributed by atoms with Crippen molar-refractivity contribution in [3.63, 3.8) is 0 Å². The van der Waals surface area contributed by atoms with Gasteiger partial charge in [-0.25, -0.2) is 4.98 Å². The monoisotopic (exact) mass is 247 g/mol. The van der Waals surface area contributed by atoms with Gasteiger partial charge in [0.1, 0.15) is 5.82 Å². The summed E-state index contributed by atoms with van der Waals surface area (Å²) in [5.41, 5.74) is 8.36. The second-order valence-corrected chi connectivity index (χ2v) is 6.48. The summed E-state index contributed by atoms with van der Waals surface area (Å²) in [6.07, 6.45) is 1.26. The highest BCUT2D eigenvalue weighted by molar-refractivity contribution is 5.43. The van der Waals surface area contributed by atoms with Gasteiger partial charge in [0.2, 0.25) is 0 Å². The molecule has 1 saturated heterocycles. The molecule has 1 unspecified atom stereocenters. The van der Waals surface area contributed by atoms with Crippen molar-refractivity contribution < 1.29 is 0 Å². The van der Waals surface area contributed by atoms with Crippen molar-refractivity contribution in [3.8, 4) is 0 Å². The molecular weight excluding hydrogens is 222 g/mol. The second kappa shape index (κ2) is 4.88. The zero-order chi connectivity index (χ0) is 13.3. The van der Waals surface area contributed by atoms with E-state index in [4.69, 9.17) is 5.73 Å². The fourth-order valence-corrected chi connectivity index (χ4v) is 2.68. The topological polar surface area (TPSA) is 42.1 Å². The molecule has 0 aromatic carbocycles. The summed E-state index contributed by atoms with van der Waals surface area (Å²) in [5, 5.41) is 0. The predicted molar refractivity (Wildman–Crippen MR) is 76.6 cm³/mol. The van der Waals surface area contributed by atoms with E-state index in [0.29, 0.717) is 12.0 Å². The lowest BCUT2D eigenvalue weighted by atomic mass is 9.80. The summed E-state index contributed by atoms with van der Waals surface area (Å²) in [4.78, 5) is 7.06. The Morgan fingerprint density at radius 1 is 1.39 bits per heavy atom. The van der Waals surface area contributed by atoms with Gasteiger partial charge in [-0.3, -0.25) is 0 Å². The quantitative estimate of drug-likeness (QED) is 0.873. The van der Waals surface area contributed by atoms with Crippen LogP contribution in [0.3, 0.4) is 0 Å². The van der Waals surface area contributed by atoms with Crippen LogP contribution in [-0.2, 0) is 6.54 Å². The molecule has 1 atom stereocenters. The SMILES string of the molecule is Cc1cc(CN)cc(N2CCC(C(C)(C)C)C2)n1. The molecule has 100 valence electrons.